The second-order valence-corrected chi connectivity index (χ2v) is 5.21. The highest BCUT2D eigenvalue weighted by Crippen LogP contribution is 2.28. The van der Waals surface area contributed by atoms with Gasteiger partial charge in [0.05, 0.1) is 0 Å². The fourth-order valence-corrected chi connectivity index (χ4v) is 1.81. The van der Waals surface area contributed by atoms with Crippen LogP contribution in [0, 0.1) is 5.41 Å². The molecule has 0 radical (unpaired) electrons. The summed E-state index contributed by atoms with van der Waals surface area (Å²) in [5.41, 5.74) is 0.113. The predicted molar refractivity (Wildman–Crippen MR) is 70.1 cm³/mol. The highest BCUT2D eigenvalue weighted by Gasteiger charge is 2.23. The monoisotopic (exact) mass is 225 g/mol. The highest BCUT2D eigenvalue weighted by atomic mass is 16.2. The Morgan fingerprint density at radius 2 is 1.94 bits per heavy atom. The van der Waals surface area contributed by atoms with E-state index in [1.165, 1.54) is 12.8 Å². The van der Waals surface area contributed by atoms with Gasteiger partial charge in [-0.3, -0.25) is 4.79 Å². The molecule has 0 aromatic carbocycles. The molecule has 0 aromatic heterocycles. The van der Waals surface area contributed by atoms with Gasteiger partial charge in [0.25, 0.3) is 0 Å². The third-order valence-corrected chi connectivity index (χ3v) is 2.84. The standard InChI is InChI=1S/C14H27NO/c1-6-9-10-14(4,5)12-13(16)15(8-3)11-7-2/h8H,3,6-7,9-12H2,1-2,4-5H3. The fraction of sp³-hybridized carbons (Fsp3) is 0.786. The van der Waals surface area contributed by atoms with Crippen molar-refractivity contribution < 1.29 is 4.79 Å². The molecule has 0 heterocycles. The largest absolute Gasteiger partial charge is 0.320 e. The summed E-state index contributed by atoms with van der Waals surface area (Å²) in [6, 6.07) is 0. The molecule has 94 valence electrons. The Morgan fingerprint density at radius 1 is 1.31 bits per heavy atom. The molecule has 0 spiro atoms. The van der Waals surface area contributed by atoms with Crippen LogP contribution in [0.5, 0.6) is 0 Å². The molecule has 2 heteroatoms. The molecule has 0 N–H and O–H groups in total. The smallest absolute Gasteiger partial charge is 0.227 e. The van der Waals surface area contributed by atoms with Gasteiger partial charge in [-0.25, -0.2) is 0 Å². The number of hydrogen-bond acceptors (Lipinski definition) is 1. The zero-order valence-corrected chi connectivity index (χ0v) is 11.4. The van der Waals surface area contributed by atoms with Crippen molar-refractivity contribution in [2.24, 2.45) is 5.41 Å². The van der Waals surface area contributed by atoms with Crippen molar-refractivity contribution in [1.82, 2.24) is 4.90 Å². The number of amides is 1. The first-order chi connectivity index (χ1) is 7.46. The number of nitrogens with zero attached hydrogens (tertiary/aromatic N) is 1. The minimum Gasteiger partial charge on any atom is -0.320 e. The molecule has 0 rings (SSSR count). The molecule has 0 saturated heterocycles. The molecule has 1 amide bonds. The third-order valence-electron chi connectivity index (χ3n) is 2.84. The summed E-state index contributed by atoms with van der Waals surface area (Å²) in [6.45, 7) is 13.1. The molecule has 0 aliphatic heterocycles. The first-order valence-corrected chi connectivity index (χ1v) is 6.39. The third kappa shape index (κ3) is 5.94. The van der Waals surface area contributed by atoms with Gasteiger partial charge >= 0.3 is 0 Å². The molecule has 0 aliphatic rings. The number of carbonyl (C=O) groups is 1. The Bertz CT molecular complexity index is 221. The van der Waals surface area contributed by atoms with Crippen molar-refractivity contribution in [3.8, 4) is 0 Å². The predicted octanol–water partition coefficient (Wildman–Crippen LogP) is 3.98. The van der Waals surface area contributed by atoms with Gasteiger partial charge in [-0.15, -0.1) is 0 Å². The number of hydrogen-bond donors (Lipinski definition) is 0. The maximum atomic E-state index is 12.0. The average molecular weight is 225 g/mol. The van der Waals surface area contributed by atoms with Crippen molar-refractivity contribution in [1.29, 1.82) is 0 Å². The molecular weight excluding hydrogens is 198 g/mol. The first kappa shape index (κ1) is 15.2. The van der Waals surface area contributed by atoms with Gasteiger partial charge in [0.2, 0.25) is 5.91 Å². The summed E-state index contributed by atoms with van der Waals surface area (Å²) < 4.78 is 0. The number of unbranched alkanes of at least 4 members (excludes halogenated alkanes) is 1. The van der Waals surface area contributed by atoms with E-state index in [0.717, 1.165) is 19.4 Å². The molecule has 16 heavy (non-hydrogen) atoms. The van der Waals surface area contributed by atoms with Crippen LogP contribution in [0.25, 0.3) is 0 Å². The van der Waals surface area contributed by atoms with Crippen molar-refractivity contribution in [2.75, 3.05) is 6.54 Å². The maximum Gasteiger partial charge on any atom is 0.227 e. The highest BCUT2D eigenvalue weighted by molar-refractivity contribution is 5.77. The van der Waals surface area contributed by atoms with Crippen LogP contribution in [0.1, 0.15) is 59.8 Å². The van der Waals surface area contributed by atoms with Gasteiger partial charge in [0, 0.05) is 13.0 Å². The Morgan fingerprint density at radius 3 is 2.38 bits per heavy atom. The summed E-state index contributed by atoms with van der Waals surface area (Å²) in [5, 5.41) is 0. The van der Waals surface area contributed by atoms with E-state index in [2.05, 4.69) is 34.3 Å². The summed E-state index contributed by atoms with van der Waals surface area (Å²) in [5.74, 6) is 0.206. The molecule has 0 saturated carbocycles. The van der Waals surface area contributed by atoms with Crippen molar-refractivity contribution in [2.45, 2.75) is 59.8 Å². The van der Waals surface area contributed by atoms with E-state index < -0.39 is 0 Å². The Kier molecular flexibility index (Phi) is 7.11. The number of carbonyl (C=O) groups excluding carboxylic acids is 1. The fourth-order valence-electron chi connectivity index (χ4n) is 1.81. The Labute approximate surface area is 101 Å². The van der Waals surface area contributed by atoms with Crippen LogP contribution in [0.3, 0.4) is 0 Å². The van der Waals surface area contributed by atoms with Crippen LogP contribution in [0.4, 0.5) is 0 Å². The zero-order chi connectivity index (χ0) is 12.6. The Balaban J connectivity index is 4.23. The quantitative estimate of drug-likeness (QED) is 0.612. The molecule has 0 bridgehead atoms. The van der Waals surface area contributed by atoms with Gasteiger partial charge < -0.3 is 4.90 Å². The summed E-state index contributed by atoms with van der Waals surface area (Å²) >= 11 is 0. The van der Waals surface area contributed by atoms with E-state index in [0.29, 0.717) is 6.42 Å². The lowest BCUT2D eigenvalue weighted by atomic mass is 9.83. The summed E-state index contributed by atoms with van der Waals surface area (Å²) in [7, 11) is 0. The zero-order valence-electron chi connectivity index (χ0n) is 11.4. The van der Waals surface area contributed by atoms with Gasteiger partial charge in [0.15, 0.2) is 0 Å². The normalized spacial score (nSPS) is 11.2. The van der Waals surface area contributed by atoms with Crippen LogP contribution < -0.4 is 0 Å². The molecule has 0 fully saturated rings. The summed E-state index contributed by atoms with van der Waals surface area (Å²) in [4.78, 5) is 13.7. The van der Waals surface area contributed by atoms with Crippen LogP contribution >= 0.6 is 0 Å². The summed E-state index contributed by atoms with van der Waals surface area (Å²) in [6.07, 6.45) is 6.76. The van der Waals surface area contributed by atoms with Crippen LogP contribution in [-0.2, 0) is 4.79 Å². The van der Waals surface area contributed by atoms with E-state index in [9.17, 15) is 4.79 Å². The topological polar surface area (TPSA) is 20.3 Å². The van der Waals surface area contributed by atoms with Gasteiger partial charge in [-0.2, -0.15) is 0 Å². The lowest BCUT2D eigenvalue weighted by Crippen LogP contribution is -2.30. The van der Waals surface area contributed by atoms with Gasteiger partial charge in [-0.1, -0.05) is 47.1 Å². The lowest BCUT2D eigenvalue weighted by molar-refractivity contribution is -0.130. The second kappa shape index (κ2) is 7.48. The van der Waals surface area contributed by atoms with E-state index in [1.54, 1.807) is 11.1 Å². The van der Waals surface area contributed by atoms with Gasteiger partial charge in [-0.05, 0) is 24.5 Å². The maximum absolute atomic E-state index is 12.0. The number of rotatable bonds is 8. The molecule has 0 aromatic rings. The van der Waals surface area contributed by atoms with Crippen LogP contribution in [-0.4, -0.2) is 17.4 Å². The molecular formula is C14H27NO. The van der Waals surface area contributed by atoms with E-state index >= 15 is 0 Å². The van der Waals surface area contributed by atoms with Crippen molar-refractivity contribution in [3.05, 3.63) is 12.8 Å². The van der Waals surface area contributed by atoms with Crippen LogP contribution in [0.15, 0.2) is 12.8 Å². The SMILES string of the molecule is C=CN(CCC)C(=O)CC(C)(C)CCCC. The molecule has 0 unspecified atom stereocenters. The van der Waals surface area contributed by atoms with E-state index in [1.807, 2.05) is 0 Å². The van der Waals surface area contributed by atoms with Crippen molar-refractivity contribution >= 4 is 5.91 Å². The van der Waals surface area contributed by atoms with Crippen LogP contribution in [0.2, 0.25) is 0 Å². The first-order valence-electron chi connectivity index (χ1n) is 6.39. The second-order valence-electron chi connectivity index (χ2n) is 5.21. The lowest BCUT2D eigenvalue weighted by Gasteiger charge is -2.27. The van der Waals surface area contributed by atoms with Crippen molar-refractivity contribution in [3.63, 3.8) is 0 Å². The minimum atomic E-state index is 0.113. The molecule has 2 nitrogen and oxygen atoms in total. The van der Waals surface area contributed by atoms with E-state index in [-0.39, 0.29) is 11.3 Å². The molecule has 0 aliphatic carbocycles. The minimum absolute atomic E-state index is 0.113. The average Bonchev–Trinajstić information content (AvgIpc) is 2.22. The van der Waals surface area contributed by atoms with E-state index in [4.69, 9.17) is 0 Å². The Hall–Kier alpha value is -0.790. The molecule has 0 atom stereocenters. The van der Waals surface area contributed by atoms with Gasteiger partial charge in [0.1, 0.15) is 0 Å².